The highest BCUT2D eigenvalue weighted by molar-refractivity contribution is 6.10. The highest BCUT2D eigenvalue weighted by Crippen LogP contribution is 2.32. The summed E-state index contributed by atoms with van der Waals surface area (Å²) in [5.74, 6) is 0.757. The third-order valence-electron chi connectivity index (χ3n) is 7.00. The fourth-order valence-corrected chi connectivity index (χ4v) is 5.29. The Bertz CT molecular complexity index is 1070. The van der Waals surface area contributed by atoms with Gasteiger partial charge in [0.1, 0.15) is 25.0 Å². The Hall–Kier alpha value is -3.07. The number of piperazine rings is 1. The zero-order chi connectivity index (χ0) is 22.4. The van der Waals surface area contributed by atoms with Gasteiger partial charge in [0.25, 0.3) is 5.91 Å². The molecule has 3 amide bonds. The van der Waals surface area contributed by atoms with Crippen molar-refractivity contribution in [2.24, 2.45) is 13.0 Å². The van der Waals surface area contributed by atoms with Gasteiger partial charge < -0.3 is 29.3 Å². The van der Waals surface area contributed by atoms with Gasteiger partial charge in [0, 0.05) is 25.2 Å². The van der Waals surface area contributed by atoms with Crippen molar-refractivity contribution in [3.63, 3.8) is 0 Å². The third-order valence-corrected chi connectivity index (χ3v) is 7.00. The number of rotatable bonds is 4. The second-order valence-corrected chi connectivity index (χ2v) is 8.94. The molecule has 9 nitrogen and oxygen atoms in total. The van der Waals surface area contributed by atoms with Crippen LogP contribution in [0.2, 0.25) is 0 Å². The fourth-order valence-electron chi connectivity index (χ4n) is 5.29. The summed E-state index contributed by atoms with van der Waals surface area (Å²) in [6.07, 6.45) is 3.45. The summed E-state index contributed by atoms with van der Waals surface area (Å²) in [7, 11) is 3.49. The van der Waals surface area contributed by atoms with Crippen LogP contribution in [0.15, 0.2) is 24.4 Å². The van der Waals surface area contributed by atoms with Gasteiger partial charge in [0.05, 0.1) is 24.7 Å². The number of nitrogens with zero attached hydrogens (tertiary/aromatic N) is 4. The van der Waals surface area contributed by atoms with Gasteiger partial charge in [-0.3, -0.25) is 14.4 Å². The van der Waals surface area contributed by atoms with E-state index in [4.69, 9.17) is 4.74 Å². The van der Waals surface area contributed by atoms with E-state index in [1.807, 2.05) is 34.7 Å². The van der Waals surface area contributed by atoms with Crippen molar-refractivity contribution in [1.29, 1.82) is 0 Å². The quantitative estimate of drug-likeness (QED) is 0.756. The number of hydrogen-bond donors (Lipinski definition) is 1. The molecule has 1 atom stereocenters. The average molecular weight is 440 g/mol. The number of benzene rings is 1. The van der Waals surface area contributed by atoms with Gasteiger partial charge in [-0.2, -0.15) is 0 Å². The van der Waals surface area contributed by atoms with Gasteiger partial charge in [-0.1, -0.05) is 12.1 Å². The lowest BCUT2D eigenvalue weighted by Gasteiger charge is -2.41. The first-order valence-corrected chi connectivity index (χ1v) is 11.2. The Kier molecular flexibility index (Phi) is 5.28. The van der Waals surface area contributed by atoms with E-state index in [0.717, 1.165) is 36.8 Å². The topological polar surface area (TPSA) is 87.1 Å². The van der Waals surface area contributed by atoms with E-state index in [1.165, 1.54) is 0 Å². The van der Waals surface area contributed by atoms with Gasteiger partial charge in [-0.05, 0) is 37.9 Å². The first kappa shape index (κ1) is 20.8. The number of piperidine rings is 1. The van der Waals surface area contributed by atoms with Crippen LogP contribution >= 0.6 is 0 Å². The number of hydrogen-bond acceptors (Lipinski definition) is 5. The molecule has 3 aliphatic rings. The van der Waals surface area contributed by atoms with Crippen molar-refractivity contribution in [2.75, 3.05) is 46.4 Å². The average Bonchev–Trinajstić information content (AvgIpc) is 3.31. The summed E-state index contributed by atoms with van der Waals surface area (Å²) < 4.78 is 7.35. The van der Waals surface area contributed by atoms with Gasteiger partial charge in [-0.25, -0.2) is 0 Å². The number of para-hydroxylation sites is 1. The van der Waals surface area contributed by atoms with Crippen LogP contribution < -0.4 is 10.1 Å². The summed E-state index contributed by atoms with van der Waals surface area (Å²) in [5, 5.41) is 4.14. The molecular weight excluding hydrogens is 410 g/mol. The summed E-state index contributed by atoms with van der Waals surface area (Å²) >= 11 is 0. The molecule has 3 saturated heterocycles. The minimum atomic E-state index is -0.421. The monoisotopic (exact) mass is 439 g/mol. The number of ether oxygens (including phenoxy) is 1. The molecule has 3 aliphatic heterocycles. The van der Waals surface area contributed by atoms with Crippen molar-refractivity contribution in [3.8, 4) is 5.75 Å². The van der Waals surface area contributed by atoms with Crippen LogP contribution in [0.25, 0.3) is 10.9 Å². The number of carbonyl (C=O) groups is 3. The Morgan fingerprint density at radius 2 is 1.94 bits per heavy atom. The molecule has 4 heterocycles. The predicted molar refractivity (Wildman–Crippen MR) is 118 cm³/mol. The maximum absolute atomic E-state index is 13.6. The Labute approximate surface area is 186 Å². The van der Waals surface area contributed by atoms with Gasteiger partial charge in [0.15, 0.2) is 0 Å². The number of fused-ring (bicyclic) bond motifs is 2. The Morgan fingerprint density at radius 3 is 2.69 bits per heavy atom. The van der Waals surface area contributed by atoms with E-state index < -0.39 is 6.17 Å². The van der Waals surface area contributed by atoms with Crippen LogP contribution in [0.1, 0.15) is 23.2 Å². The van der Waals surface area contributed by atoms with E-state index in [9.17, 15) is 14.4 Å². The SMILES string of the molecule is COc1cccc2c(C(=O)N3CC(=O)N4CC(=O)N(CC5CCNCC5)CC43)cn(C)c12. The van der Waals surface area contributed by atoms with E-state index in [-0.39, 0.29) is 30.8 Å². The smallest absolute Gasteiger partial charge is 0.258 e. The maximum atomic E-state index is 13.6. The molecule has 0 radical (unpaired) electrons. The minimum Gasteiger partial charge on any atom is -0.495 e. The van der Waals surface area contributed by atoms with E-state index >= 15 is 0 Å². The lowest BCUT2D eigenvalue weighted by molar-refractivity contribution is -0.146. The van der Waals surface area contributed by atoms with Crippen molar-refractivity contribution in [3.05, 3.63) is 30.0 Å². The van der Waals surface area contributed by atoms with Crippen LogP contribution in [0.3, 0.4) is 0 Å². The van der Waals surface area contributed by atoms with Crippen LogP contribution in [0, 0.1) is 5.92 Å². The molecule has 9 heteroatoms. The molecule has 1 unspecified atom stereocenters. The van der Waals surface area contributed by atoms with Crippen molar-refractivity contribution < 1.29 is 19.1 Å². The summed E-state index contributed by atoms with van der Waals surface area (Å²) in [4.78, 5) is 44.1. The second-order valence-electron chi connectivity index (χ2n) is 8.94. The largest absolute Gasteiger partial charge is 0.495 e. The Balaban J connectivity index is 1.41. The lowest BCUT2D eigenvalue weighted by atomic mass is 9.97. The number of nitrogens with one attached hydrogen (secondary N) is 1. The molecule has 170 valence electrons. The number of carbonyl (C=O) groups excluding carboxylic acids is 3. The van der Waals surface area contributed by atoms with Crippen molar-refractivity contribution in [1.82, 2.24) is 24.6 Å². The zero-order valence-electron chi connectivity index (χ0n) is 18.5. The standard InChI is InChI=1S/C23H29N5O4/c1-25-11-17(16-4-3-5-18(32-2)22(16)25)23(31)28-14-21(30)27-13-20(29)26(12-19(27)28)10-15-6-8-24-9-7-15/h3-5,11,15,19,24H,6-10,12-14H2,1-2H3. The zero-order valence-corrected chi connectivity index (χ0v) is 18.5. The second kappa shape index (κ2) is 8.12. The number of methoxy groups -OCH3 is 1. The summed E-state index contributed by atoms with van der Waals surface area (Å²) in [6, 6.07) is 5.62. The molecule has 32 heavy (non-hydrogen) atoms. The number of aryl methyl sites for hydroxylation is 1. The summed E-state index contributed by atoms with van der Waals surface area (Å²) in [6.45, 7) is 3.03. The summed E-state index contributed by atoms with van der Waals surface area (Å²) in [5.41, 5.74) is 1.38. The van der Waals surface area contributed by atoms with E-state index in [0.29, 0.717) is 30.3 Å². The molecule has 1 aromatic heterocycles. The molecule has 0 spiro atoms. The molecule has 5 rings (SSSR count). The van der Waals surface area contributed by atoms with Crippen LogP contribution in [0.5, 0.6) is 5.75 Å². The van der Waals surface area contributed by atoms with Gasteiger partial charge in [-0.15, -0.1) is 0 Å². The molecule has 0 saturated carbocycles. The van der Waals surface area contributed by atoms with Crippen molar-refractivity contribution in [2.45, 2.75) is 19.0 Å². The van der Waals surface area contributed by atoms with Crippen LogP contribution in [-0.2, 0) is 16.6 Å². The van der Waals surface area contributed by atoms with Gasteiger partial charge in [0.2, 0.25) is 11.8 Å². The van der Waals surface area contributed by atoms with Gasteiger partial charge >= 0.3 is 0 Å². The molecule has 2 aromatic rings. The highest BCUT2D eigenvalue weighted by atomic mass is 16.5. The minimum absolute atomic E-state index is 0.00166. The number of aromatic nitrogens is 1. The molecule has 1 N–H and O–H groups in total. The lowest BCUT2D eigenvalue weighted by Crippen LogP contribution is -2.59. The molecule has 1 aromatic carbocycles. The third kappa shape index (κ3) is 3.40. The molecule has 0 aliphatic carbocycles. The Morgan fingerprint density at radius 1 is 1.16 bits per heavy atom. The fraction of sp³-hybridized carbons (Fsp3) is 0.522. The highest BCUT2D eigenvalue weighted by Gasteiger charge is 2.46. The van der Waals surface area contributed by atoms with E-state index in [1.54, 1.807) is 23.1 Å². The molecule has 0 bridgehead atoms. The molecule has 3 fully saturated rings. The van der Waals surface area contributed by atoms with Crippen LogP contribution in [0.4, 0.5) is 0 Å². The predicted octanol–water partition coefficient (Wildman–Crippen LogP) is 0.639. The maximum Gasteiger partial charge on any atom is 0.258 e. The first-order chi connectivity index (χ1) is 15.5. The number of amides is 3. The van der Waals surface area contributed by atoms with E-state index in [2.05, 4.69) is 5.32 Å². The first-order valence-electron chi connectivity index (χ1n) is 11.2. The van der Waals surface area contributed by atoms with Crippen molar-refractivity contribution >= 4 is 28.6 Å². The normalized spacial score (nSPS) is 22.1. The molecular formula is C23H29N5O4. The van der Waals surface area contributed by atoms with Crippen LogP contribution in [-0.4, -0.2) is 89.5 Å².